The van der Waals surface area contributed by atoms with E-state index in [2.05, 4.69) is 25.2 Å². The van der Waals surface area contributed by atoms with Crippen LogP contribution in [0.3, 0.4) is 0 Å². The Balaban J connectivity index is 1.35. The van der Waals surface area contributed by atoms with Crippen LogP contribution in [0.2, 0.25) is 0 Å². The molecule has 6 heteroatoms. The van der Waals surface area contributed by atoms with Gasteiger partial charge in [0.25, 0.3) is 0 Å². The second kappa shape index (κ2) is 7.99. The maximum absolute atomic E-state index is 13.2. The molecule has 3 saturated carbocycles. The van der Waals surface area contributed by atoms with Gasteiger partial charge in [-0.15, -0.1) is 0 Å². The molecule has 1 aliphatic heterocycles. The van der Waals surface area contributed by atoms with Crippen molar-refractivity contribution in [3.05, 3.63) is 23.3 Å². The number of nitrogens with zero attached hydrogens (tertiary/aromatic N) is 1. The molecule has 6 nitrogen and oxygen atoms in total. The number of ether oxygens (including phenoxy) is 1. The van der Waals surface area contributed by atoms with Crippen molar-refractivity contribution in [2.24, 2.45) is 28.6 Å². The molecule has 5 aliphatic rings. The average molecular weight is 455 g/mol. The summed E-state index contributed by atoms with van der Waals surface area (Å²) in [5, 5.41) is 3.37. The van der Waals surface area contributed by atoms with Gasteiger partial charge < -0.3 is 15.0 Å². The maximum Gasteiger partial charge on any atom is 0.334 e. The summed E-state index contributed by atoms with van der Waals surface area (Å²) in [4.78, 5) is 39.6. The summed E-state index contributed by atoms with van der Waals surface area (Å²) in [7, 11) is 3.35. The minimum absolute atomic E-state index is 0.0400. The molecule has 3 fully saturated rings. The fourth-order valence-electron chi connectivity index (χ4n) is 8.56. The van der Waals surface area contributed by atoms with Crippen LogP contribution in [-0.2, 0) is 19.1 Å². The molecule has 33 heavy (non-hydrogen) atoms. The van der Waals surface area contributed by atoms with Crippen molar-refractivity contribution in [1.29, 1.82) is 0 Å². The van der Waals surface area contributed by atoms with Crippen molar-refractivity contribution in [3.63, 3.8) is 0 Å². The third-order valence-electron chi connectivity index (χ3n) is 10.4. The van der Waals surface area contributed by atoms with Gasteiger partial charge in [-0.1, -0.05) is 19.9 Å². The van der Waals surface area contributed by atoms with Gasteiger partial charge >= 0.3 is 5.97 Å². The van der Waals surface area contributed by atoms with E-state index >= 15 is 0 Å². The molecule has 0 aromatic heterocycles. The van der Waals surface area contributed by atoms with Crippen molar-refractivity contribution in [2.75, 3.05) is 14.2 Å². The Hall–Kier alpha value is -2.11. The molecule has 1 N–H and O–H groups in total. The Labute approximate surface area is 197 Å². The van der Waals surface area contributed by atoms with E-state index in [1.807, 2.05) is 11.9 Å². The summed E-state index contributed by atoms with van der Waals surface area (Å²) in [5.74, 6) is 1.52. The number of carbonyl (C=O) groups is 3. The number of methoxy groups -OCH3 is 1. The number of carbonyl (C=O) groups excluding carboxylic acids is 3. The molecule has 0 saturated heterocycles. The molecule has 0 aromatic carbocycles. The summed E-state index contributed by atoms with van der Waals surface area (Å²) >= 11 is 0. The molecule has 0 aromatic rings. The highest BCUT2D eigenvalue weighted by atomic mass is 16.5. The van der Waals surface area contributed by atoms with E-state index in [1.165, 1.54) is 7.11 Å². The van der Waals surface area contributed by atoms with Gasteiger partial charge in [-0.25, -0.2) is 4.79 Å². The number of hydrogen-bond acceptors (Lipinski definition) is 4. The van der Waals surface area contributed by atoms with Gasteiger partial charge in [0.1, 0.15) is 0 Å². The summed E-state index contributed by atoms with van der Waals surface area (Å²) in [6.45, 7) is 4.75. The van der Waals surface area contributed by atoms with Crippen LogP contribution in [0.5, 0.6) is 0 Å². The second-order valence-corrected chi connectivity index (χ2v) is 11.6. The molecule has 4 aliphatic carbocycles. The first-order valence-electron chi connectivity index (χ1n) is 12.8. The number of fused-ring (bicyclic) bond motifs is 5. The molecule has 7 atom stereocenters. The first-order chi connectivity index (χ1) is 15.7. The van der Waals surface area contributed by atoms with E-state index in [4.69, 9.17) is 4.74 Å². The van der Waals surface area contributed by atoms with Crippen molar-refractivity contribution >= 4 is 17.8 Å². The third kappa shape index (κ3) is 3.30. The Morgan fingerprint density at radius 2 is 1.82 bits per heavy atom. The highest BCUT2D eigenvalue weighted by Crippen LogP contribution is 2.64. The monoisotopic (exact) mass is 454 g/mol. The lowest BCUT2D eigenvalue weighted by Gasteiger charge is -2.60. The second-order valence-electron chi connectivity index (χ2n) is 11.6. The smallest absolute Gasteiger partial charge is 0.334 e. The van der Waals surface area contributed by atoms with Gasteiger partial charge in [-0.2, -0.15) is 0 Å². The highest BCUT2D eigenvalue weighted by Gasteiger charge is 2.60. The molecule has 0 radical (unpaired) electrons. The molecule has 2 amide bonds. The zero-order valence-electron chi connectivity index (χ0n) is 20.5. The van der Waals surface area contributed by atoms with Gasteiger partial charge in [-0.3, -0.25) is 9.59 Å². The van der Waals surface area contributed by atoms with Gasteiger partial charge in [-0.05, 0) is 87.0 Å². The number of esters is 1. The third-order valence-corrected chi connectivity index (χ3v) is 10.4. The van der Waals surface area contributed by atoms with Crippen molar-refractivity contribution in [2.45, 2.75) is 83.7 Å². The summed E-state index contributed by atoms with van der Waals surface area (Å²) in [6, 6.07) is 0.447. The van der Waals surface area contributed by atoms with E-state index in [1.54, 1.807) is 6.08 Å². The van der Waals surface area contributed by atoms with Gasteiger partial charge in [0.05, 0.1) is 7.11 Å². The topological polar surface area (TPSA) is 75.7 Å². The zero-order valence-corrected chi connectivity index (χ0v) is 20.5. The molecule has 0 spiro atoms. The Bertz CT molecular complexity index is 938. The fraction of sp³-hybridized carbons (Fsp3) is 0.741. The Kier molecular flexibility index (Phi) is 5.49. The molecular formula is C27H38N2O4. The van der Waals surface area contributed by atoms with Crippen LogP contribution in [-0.4, -0.2) is 48.9 Å². The lowest BCUT2D eigenvalue weighted by molar-refractivity contribution is -0.139. The van der Waals surface area contributed by atoms with E-state index in [-0.39, 0.29) is 34.7 Å². The van der Waals surface area contributed by atoms with Crippen LogP contribution in [0.15, 0.2) is 23.3 Å². The lowest BCUT2D eigenvalue weighted by Crippen LogP contribution is -2.60. The van der Waals surface area contributed by atoms with Crippen molar-refractivity contribution in [1.82, 2.24) is 10.2 Å². The van der Waals surface area contributed by atoms with E-state index < -0.39 is 0 Å². The van der Waals surface area contributed by atoms with Crippen LogP contribution in [0.4, 0.5) is 0 Å². The largest absolute Gasteiger partial charge is 0.466 e. The van der Waals surface area contributed by atoms with Gasteiger partial charge in [0, 0.05) is 35.7 Å². The zero-order chi connectivity index (χ0) is 23.5. The number of hydrogen-bond donors (Lipinski definition) is 1. The van der Waals surface area contributed by atoms with Crippen LogP contribution < -0.4 is 5.32 Å². The van der Waals surface area contributed by atoms with Crippen LogP contribution in [0.1, 0.15) is 71.6 Å². The fourth-order valence-corrected chi connectivity index (χ4v) is 8.56. The molecule has 5 rings (SSSR count). The Morgan fingerprint density at radius 1 is 1.06 bits per heavy atom. The Morgan fingerprint density at radius 3 is 2.58 bits per heavy atom. The molecule has 180 valence electrons. The first kappa shape index (κ1) is 22.7. The van der Waals surface area contributed by atoms with Gasteiger partial charge in [0.2, 0.25) is 11.8 Å². The van der Waals surface area contributed by atoms with Crippen molar-refractivity contribution < 1.29 is 19.1 Å². The summed E-state index contributed by atoms with van der Waals surface area (Å²) in [6.07, 6.45) is 12.7. The minimum Gasteiger partial charge on any atom is -0.466 e. The first-order valence-corrected chi connectivity index (χ1v) is 12.8. The maximum atomic E-state index is 13.2. The van der Waals surface area contributed by atoms with Crippen LogP contribution in [0, 0.1) is 28.6 Å². The van der Waals surface area contributed by atoms with Crippen LogP contribution >= 0.6 is 0 Å². The number of rotatable bonds is 3. The standard InChI is InChI=1S/C27H38N2O4/c1-26-14-12-20-18(8-11-22-27(20,2)15-13-23(30)29(22)3)19(26)9-10-21(26)28-24(31)16-6-5-7-17(16)25(32)33-4/h13,15,18-22H,5-12,14H2,1-4H3,(H,28,31)/t18-,19-,20-,21?,22+,26-,27+/m0/s1. The van der Waals surface area contributed by atoms with Crippen LogP contribution in [0.25, 0.3) is 0 Å². The minimum atomic E-state index is -0.359. The molecular weight excluding hydrogens is 416 g/mol. The van der Waals surface area contributed by atoms with E-state index in [0.29, 0.717) is 47.8 Å². The lowest BCUT2D eigenvalue weighted by atomic mass is 9.48. The number of nitrogens with one attached hydrogen (secondary N) is 1. The molecule has 1 heterocycles. The highest BCUT2D eigenvalue weighted by molar-refractivity contribution is 6.03. The van der Waals surface area contributed by atoms with Gasteiger partial charge in [0.15, 0.2) is 0 Å². The normalized spacial score (nSPS) is 42.0. The predicted octanol–water partition coefficient (Wildman–Crippen LogP) is 3.76. The predicted molar refractivity (Wildman–Crippen MR) is 125 cm³/mol. The summed E-state index contributed by atoms with van der Waals surface area (Å²) < 4.78 is 4.91. The summed E-state index contributed by atoms with van der Waals surface area (Å²) in [5.41, 5.74) is 1.33. The molecule has 0 bridgehead atoms. The quantitative estimate of drug-likeness (QED) is 0.659. The van der Waals surface area contributed by atoms with E-state index in [9.17, 15) is 14.4 Å². The van der Waals surface area contributed by atoms with E-state index in [0.717, 1.165) is 44.9 Å². The number of likely N-dealkylation sites (N-methyl/N-ethyl adjacent to an activating group) is 1. The number of amides is 2. The molecule has 1 unspecified atom stereocenters. The average Bonchev–Trinajstić information content (AvgIpc) is 3.41. The van der Waals surface area contributed by atoms with Crippen molar-refractivity contribution in [3.8, 4) is 0 Å². The SMILES string of the molecule is COC(=O)C1=C(C(=O)NC2CC[C@H]3[C@@H]4CC[C@H]5N(C)C(=O)C=C[C@]5(C)[C@H]4CC[C@]23C)CCC1.